The van der Waals surface area contributed by atoms with E-state index in [2.05, 4.69) is 65.4 Å². The van der Waals surface area contributed by atoms with Gasteiger partial charge in [0.2, 0.25) is 0 Å². The lowest BCUT2D eigenvalue weighted by molar-refractivity contribution is 0.536. The van der Waals surface area contributed by atoms with Crippen LogP contribution in [0.2, 0.25) is 5.02 Å². The normalized spacial score (nSPS) is 12.6. The van der Waals surface area contributed by atoms with E-state index in [1.54, 1.807) is 11.3 Å². The van der Waals surface area contributed by atoms with Crippen LogP contribution in [0.1, 0.15) is 35.4 Å². The summed E-state index contributed by atoms with van der Waals surface area (Å²) in [6.45, 7) is 5.34. The van der Waals surface area contributed by atoms with Gasteiger partial charge >= 0.3 is 0 Å². The Morgan fingerprint density at radius 2 is 2.15 bits per heavy atom. The first-order valence-corrected chi connectivity index (χ1v) is 8.82. The monoisotopic (exact) mass is 371 g/mol. The van der Waals surface area contributed by atoms with Crippen molar-refractivity contribution in [3.05, 3.63) is 55.1 Å². The maximum Gasteiger partial charge on any atom is 0.0887 e. The Morgan fingerprint density at radius 1 is 1.35 bits per heavy atom. The van der Waals surface area contributed by atoms with Crippen LogP contribution in [-0.4, -0.2) is 6.54 Å². The lowest BCUT2D eigenvalue weighted by Crippen LogP contribution is -2.23. The van der Waals surface area contributed by atoms with Crippen molar-refractivity contribution in [1.29, 1.82) is 0 Å². The van der Waals surface area contributed by atoms with Crippen molar-refractivity contribution in [2.24, 2.45) is 0 Å². The van der Waals surface area contributed by atoms with Gasteiger partial charge in [-0.3, -0.25) is 0 Å². The highest BCUT2D eigenvalue weighted by Crippen LogP contribution is 2.36. The van der Waals surface area contributed by atoms with E-state index in [0.717, 1.165) is 28.2 Å². The Morgan fingerprint density at radius 3 is 2.75 bits per heavy atom. The molecule has 0 amide bonds. The Kier molecular flexibility index (Phi) is 6.09. The molecular formula is C16H19BrClNS. The highest BCUT2D eigenvalue weighted by atomic mass is 79.9. The van der Waals surface area contributed by atoms with Gasteiger partial charge in [-0.25, -0.2) is 0 Å². The molecule has 4 heteroatoms. The average Bonchev–Trinajstić information content (AvgIpc) is 2.74. The maximum absolute atomic E-state index is 6.17. The topological polar surface area (TPSA) is 12.0 Å². The molecule has 1 atom stereocenters. The molecule has 0 radical (unpaired) electrons. The summed E-state index contributed by atoms with van der Waals surface area (Å²) < 4.78 is 1.02. The summed E-state index contributed by atoms with van der Waals surface area (Å²) in [6.07, 6.45) is 2.12. The molecule has 0 aliphatic rings. The van der Waals surface area contributed by atoms with Crippen LogP contribution in [0.3, 0.4) is 0 Å². The van der Waals surface area contributed by atoms with Gasteiger partial charge in [0.05, 0.1) is 8.81 Å². The molecule has 2 aromatic rings. The van der Waals surface area contributed by atoms with Gasteiger partial charge in [0.1, 0.15) is 0 Å². The van der Waals surface area contributed by atoms with Crippen molar-refractivity contribution >= 4 is 38.9 Å². The van der Waals surface area contributed by atoms with Crippen LogP contribution < -0.4 is 5.32 Å². The van der Waals surface area contributed by atoms with Crippen LogP contribution in [0.15, 0.2) is 34.1 Å². The summed E-state index contributed by atoms with van der Waals surface area (Å²) >= 11 is 11.4. The minimum Gasteiger partial charge on any atom is -0.309 e. The lowest BCUT2D eigenvalue weighted by Gasteiger charge is -2.17. The molecule has 0 spiro atoms. The van der Waals surface area contributed by atoms with Crippen molar-refractivity contribution in [2.75, 3.05) is 6.54 Å². The molecule has 2 rings (SSSR count). The van der Waals surface area contributed by atoms with E-state index in [0.29, 0.717) is 6.04 Å². The SMILES string of the molecule is CCCNC(Cc1cccc(C)c1)c1cc(Cl)c(Br)s1. The lowest BCUT2D eigenvalue weighted by atomic mass is 10.0. The molecule has 1 heterocycles. The molecule has 20 heavy (non-hydrogen) atoms. The van der Waals surface area contributed by atoms with Crippen molar-refractivity contribution in [3.8, 4) is 0 Å². The van der Waals surface area contributed by atoms with E-state index >= 15 is 0 Å². The largest absolute Gasteiger partial charge is 0.309 e. The first-order valence-electron chi connectivity index (χ1n) is 6.83. The van der Waals surface area contributed by atoms with E-state index in [1.165, 1.54) is 16.0 Å². The first-order chi connectivity index (χ1) is 9.60. The molecule has 1 N–H and O–H groups in total. The second-order valence-corrected chi connectivity index (χ2v) is 7.78. The molecule has 0 saturated heterocycles. The van der Waals surface area contributed by atoms with E-state index in [9.17, 15) is 0 Å². The van der Waals surface area contributed by atoms with E-state index in [1.807, 2.05) is 0 Å². The first kappa shape index (κ1) is 16.0. The zero-order valence-corrected chi connectivity index (χ0v) is 14.9. The van der Waals surface area contributed by atoms with Crippen molar-refractivity contribution in [3.63, 3.8) is 0 Å². The highest BCUT2D eigenvalue weighted by molar-refractivity contribution is 9.11. The standard InChI is InChI=1S/C16H19BrClNS/c1-3-7-19-14(15-10-13(18)16(17)20-15)9-12-6-4-5-11(2)8-12/h4-6,8,10,14,19H,3,7,9H2,1-2H3. The second-order valence-electron chi connectivity index (χ2n) is 4.97. The highest BCUT2D eigenvalue weighted by Gasteiger charge is 2.16. The third kappa shape index (κ3) is 4.32. The average molecular weight is 373 g/mol. The van der Waals surface area contributed by atoms with Crippen molar-refractivity contribution < 1.29 is 0 Å². The number of halogens is 2. The molecule has 1 aromatic carbocycles. The van der Waals surface area contributed by atoms with Gasteiger partial charge in [-0.15, -0.1) is 11.3 Å². The van der Waals surface area contributed by atoms with E-state index < -0.39 is 0 Å². The van der Waals surface area contributed by atoms with Gasteiger partial charge < -0.3 is 5.32 Å². The summed E-state index contributed by atoms with van der Waals surface area (Å²) in [6, 6.07) is 11.1. The minimum atomic E-state index is 0.325. The quantitative estimate of drug-likeness (QED) is 0.680. The number of thiophene rings is 1. The van der Waals surface area contributed by atoms with Crippen molar-refractivity contribution in [2.45, 2.75) is 32.7 Å². The third-order valence-electron chi connectivity index (χ3n) is 3.17. The Hall–Kier alpha value is -0.350. The fourth-order valence-corrected chi connectivity index (χ4v) is 4.02. The molecule has 0 saturated carbocycles. The third-order valence-corrected chi connectivity index (χ3v) is 5.76. The van der Waals surface area contributed by atoms with Gasteiger partial charge in [0.15, 0.2) is 0 Å². The summed E-state index contributed by atoms with van der Waals surface area (Å²) in [5.41, 5.74) is 2.67. The molecule has 0 aliphatic carbocycles. The van der Waals surface area contributed by atoms with E-state index in [4.69, 9.17) is 11.6 Å². The Balaban J connectivity index is 2.19. The second kappa shape index (κ2) is 7.60. The predicted octanol–water partition coefficient (Wildman–Crippen LogP) is 5.76. The molecule has 0 fully saturated rings. The van der Waals surface area contributed by atoms with Crippen LogP contribution in [0.5, 0.6) is 0 Å². The zero-order chi connectivity index (χ0) is 14.5. The van der Waals surface area contributed by atoms with Gasteiger partial charge in [0, 0.05) is 10.9 Å². The molecule has 0 bridgehead atoms. The van der Waals surface area contributed by atoms with E-state index in [-0.39, 0.29) is 0 Å². The molecule has 0 aliphatic heterocycles. The molecule has 1 aromatic heterocycles. The Bertz CT molecular complexity index is 548. The minimum absolute atomic E-state index is 0.325. The number of hydrogen-bond acceptors (Lipinski definition) is 2. The maximum atomic E-state index is 6.17. The molecule has 1 unspecified atom stereocenters. The Labute approximate surface area is 138 Å². The zero-order valence-electron chi connectivity index (χ0n) is 11.7. The summed E-state index contributed by atoms with van der Waals surface area (Å²) in [5.74, 6) is 0. The fourth-order valence-electron chi connectivity index (χ4n) is 2.20. The molecule has 1 nitrogen and oxygen atoms in total. The molecule has 108 valence electrons. The predicted molar refractivity (Wildman–Crippen MR) is 92.9 cm³/mol. The van der Waals surface area contributed by atoms with Crippen LogP contribution >= 0.6 is 38.9 Å². The number of nitrogens with one attached hydrogen (secondary N) is 1. The van der Waals surface area contributed by atoms with Crippen LogP contribution in [0, 0.1) is 6.92 Å². The van der Waals surface area contributed by atoms with Gasteiger partial charge in [-0.1, -0.05) is 48.4 Å². The van der Waals surface area contributed by atoms with Crippen molar-refractivity contribution in [1.82, 2.24) is 5.32 Å². The number of hydrogen-bond donors (Lipinski definition) is 1. The number of aryl methyl sites for hydroxylation is 1. The van der Waals surface area contributed by atoms with Crippen LogP contribution in [0.4, 0.5) is 0 Å². The van der Waals surface area contributed by atoms with Crippen LogP contribution in [-0.2, 0) is 6.42 Å². The summed E-state index contributed by atoms with van der Waals surface area (Å²) in [4.78, 5) is 1.29. The van der Waals surface area contributed by atoms with Gasteiger partial charge in [-0.05, 0) is 53.9 Å². The smallest absolute Gasteiger partial charge is 0.0887 e. The van der Waals surface area contributed by atoms with Gasteiger partial charge in [-0.2, -0.15) is 0 Å². The summed E-state index contributed by atoms with van der Waals surface area (Å²) in [5, 5.41) is 4.43. The molecular weight excluding hydrogens is 354 g/mol. The number of rotatable bonds is 6. The van der Waals surface area contributed by atoms with Crippen LogP contribution in [0.25, 0.3) is 0 Å². The summed E-state index contributed by atoms with van der Waals surface area (Å²) in [7, 11) is 0. The number of benzene rings is 1. The van der Waals surface area contributed by atoms with Gasteiger partial charge in [0.25, 0.3) is 0 Å². The fraction of sp³-hybridized carbons (Fsp3) is 0.375.